The quantitative estimate of drug-likeness (QED) is 0.695. The van der Waals surface area contributed by atoms with Crippen LogP contribution >= 0.6 is 11.3 Å². The van der Waals surface area contributed by atoms with Crippen LogP contribution in [-0.2, 0) is 23.0 Å². The van der Waals surface area contributed by atoms with Crippen LogP contribution in [0, 0.1) is 0 Å². The smallest absolute Gasteiger partial charge is 0.340 e. The molecule has 1 aliphatic rings. The summed E-state index contributed by atoms with van der Waals surface area (Å²) in [5.41, 5.74) is 8.38. The standard InChI is InChI=1S/C18H17N3O4S2/c1-27(24,25)21-8-7-11-12(9-21)26-17-13(11)15(19)14(18(22)23)16(20-17)10-5-3-2-4-6-10/h2-6H,7-9H2,1H3,(H2,19,20)(H,22,23). The van der Waals surface area contributed by atoms with Gasteiger partial charge in [0, 0.05) is 28.9 Å². The molecule has 1 aromatic carbocycles. The van der Waals surface area contributed by atoms with E-state index < -0.39 is 16.0 Å². The van der Waals surface area contributed by atoms with Crippen molar-refractivity contribution >= 4 is 43.2 Å². The highest BCUT2D eigenvalue weighted by atomic mass is 32.2. The average molecular weight is 403 g/mol. The molecule has 27 heavy (non-hydrogen) atoms. The summed E-state index contributed by atoms with van der Waals surface area (Å²) in [6.07, 6.45) is 1.67. The first-order valence-corrected chi connectivity index (χ1v) is 10.9. The lowest BCUT2D eigenvalue weighted by Gasteiger charge is -2.24. The van der Waals surface area contributed by atoms with Crippen LogP contribution in [0.2, 0.25) is 0 Å². The summed E-state index contributed by atoms with van der Waals surface area (Å²) in [5.74, 6) is -1.13. The normalized spacial score (nSPS) is 15.0. The van der Waals surface area contributed by atoms with E-state index >= 15 is 0 Å². The molecule has 0 atom stereocenters. The van der Waals surface area contributed by atoms with Gasteiger partial charge in [-0.2, -0.15) is 4.31 Å². The van der Waals surface area contributed by atoms with Gasteiger partial charge in [0.25, 0.3) is 0 Å². The summed E-state index contributed by atoms with van der Waals surface area (Å²) in [5, 5.41) is 10.4. The van der Waals surface area contributed by atoms with Crippen LogP contribution in [0.15, 0.2) is 30.3 Å². The molecule has 0 bridgehead atoms. The lowest BCUT2D eigenvalue weighted by molar-refractivity contribution is 0.0698. The lowest BCUT2D eigenvalue weighted by Crippen LogP contribution is -2.34. The number of carboxylic acid groups (broad SMARTS) is 1. The van der Waals surface area contributed by atoms with Crippen molar-refractivity contribution in [1.82, 2.24) is 9.29 Å². The summed E-state index contributed by atoms with van der Waals surface area (Å²) in [4.78, 5) is 18.0. The molecule has 0 unspecified atom stereocenters. The van der Waals surface area contributed by atoms with E-state index in [1.807, 2.05) is 18.2 Å². The number of hydrogen-bond acceptors (Lipinski definition) is 6. The van der Waals surface area contributed by atoms with Crippen molar-refractivity contribution in [2.24, 2.45) is 0 Å². The number of sulfonamides is 1. The second kappa shape index (κ2) is 6.29. The van der Waals surface area contributed by atoms with E-state index in [-0.39, 0.29) is 17.8 Å². The van der Waals surface area contributed by atoms with Crippen molar-refractivity contribution in [2.75, 3.05) is 18.5 Å². The van der Waals surface area contributed by atoms with E-state index in [2.05, 4.69) is 4.98 Å². The number of aromatic carboxylic acids is 1. The third-order valence-electron chi connectivity index (χ3n) is 4.72. The molecule has 4 rings (SSSR count). The number of benzene rings is 1. The summed E-state index contributed by atoms with van der Waals surface area (Å²) in [6.45, 7) is 0.609. The van der Waals surface area contributed by atoms with Crippen LogP contribution < -0.4 is 5.73 Å². The van der Waals surface area contributed by atoms with Gasteiger partial charge in [-0.1, -0.05) is 30.3 Å². The Hall–Kier alpha value is -2.49. The number of carbonyl (C=O) groups is 1. The van der Waals surface area contributed by atoms with E-state index in [1.54, 1.807) is 12.1 Å². The Balaban J connectivity index is 1.97. The maximum atomic E-state index is 11.9. The number of anilines is 1. The molecule has 3 N–H and O–H groups in total. The number of nitrogen functional groups attached to an aromatic ring is 1. The highest BCUT2D eigenvalue weighted by molar-refractivity contribution is 7.88. The van der Waals surface area contributed by atoms with Crippen LogP contribution in [0.5, 0.6) is 0 Å². The van der Waals surface area contributed by atoms with E-state index in [0.29, 0.717) is 34.4 Å². The molecule has 0 saturated carbocycles. The minimum atomic E-state index is -3.29. The molecule has 0 spiro atoms. The fraction of sp³-hybridized carbons (Fsp3) is 0.222. The zero-order valence-corrected chi connectivity index (χ0v) is 16.1. The Kier molecular flexibility index (Phi) is 4.17. The Morgan fingerprint density at radius 1 is 1.30 bits per heavy atom. The first kappa shape index (κ1) is 17.9. The van der Waals surface area contributed by atoms with E-state index in [4.69, 9.17) is 5.73 Å². The van der Waals surface area contributed by atoms with Crippen molar-refractivity contribution in [3.8, 4) is 11.3 Å². The fourth-order valence-electron chi connectivity index (χ4n) is 3.44. The molecule has 0 radical (unpaired) electrons. The predicted molar refractivity (Wildman–Crippen MR) is 105 cm³/mol. The average Bonchev–Trinajstić information content (AvgIpc) is 2.99. The fourth-order valence-corrected chi connectivity index (χ4v) is 5.56. The highest BCUT2D eigenvalue weighted by Gasteiger charge is 2.30. The first-order chi connectivity index (χ1) is 12.8. The van der Waals surface area contributed by atoms with Gasteiger partial charge >= 0.3 is 5.97 Å². The number of pyridine rings is 1. The van der Waals surface area contributed by atoms with Crippen LogP contribution in [0.3, 0.4) is 0 Å². The molecule has 140 valence electrons. The molecular weight excluding hydrogens is 386 g/mol. The molecule has 3 aromatic rings. The van der Waals surface area contributed by atoms with Crippen molar-refractivity contribution in [3.63, 3.8) is 0 Å². The lowest BCUT2D eigenvalue weighted by atomic mass is 9.99. The predicted octanol–water partition coefficient (Wildman–Crippen LogP) is 2.56. The Morgan fingerprint density at radius 2 is 2.00 bits per heavy atom. The van der Waals surface area contributed by atoms with Gasteiger partial charge < -0.3 is 10.8 Å². The number of nitrogens with zero attached hydrogens (tertiary/aromatic N) is 2. The molecule has 0 amide bonds. The maximum Gasteiger partial charge on any atom is 0.340 e. The summed E-state index contributed by atoms with van der Waals surface area (Å²) in [6, 6.07) is 9.05. The number of rotatable bonds is 3. The van der Waals surface area contributed by atoms with Gasteiger partial charge in [-0.25, -0.2) is 18.2 Å². The Labute approximate surface area is 160 Å². The van der Waals surface area contributed by atoms with E-state index in [0.717, 1.165) is 10.4 Å². The van der Waals surface area contributed by atoms with Gasteiger partial charge in [-0.05, 0) is 12.0 Å². The maximum absolute atomic E-state index is 11.9. The van der Waals surface area contributed by atoms with Gasteiger partial charge in [-0.15, -0.1) is 11.3 Å². The van der Waals surface area contributed by atoms with Crippen LogP contribution in [0.25, 0.3) is 21.5 Å². The molecule has 0 saturated heterocycles. The third kappa shape index (κ3) is 2.97. The second-order valence-corrected chi connectivity index (χ2v) is 9.52. The molecular formula is C18H17N3O4S2. The molecule has 2 aromatic heterocycles. The number of nitrogens with two attached hydrogens (primary N) is 1. The van der Waals surface area contributed by atoms with Gasteiger partial charge in [0.15, 0.2) is 0 Å². The van der Waals surface area contributed by atoms with Crippen molar-refractivity contribution < 1.29 is 18.3 Å². The number of aromatic nitrogens is 1. The van der Waals surface area contributed by atoms with Gasteiger partial charge in [0.2, 0.25) is 10.0 Å². The first-order valence-electron chi connectivity index (χ1n) is 8.25. The minimum Gasteiger partial charge on any atom is -0.478 e. The summed E-state index contributed by atoms with van der Waals surface area (Å²) >= 11 is 1.37. The molecule has 3 heterocycles. The molecule has 9 heteroatoms. The number of thiophene rings is 1. The molecule has 0 aliphatic carbocycles. The van der Waals surface area contributed by atoms with Gasteiger partial charge in [0.05, 0.1) is 17.6 Å². The largest absolute Gasteiger partial charge is 0.478 e. The summed E-state index contributed by atoms with van der Waals surface area (Å²) < 4.78 is 25.2. The zero-order valence-electron chi connectivity index (χ0n) is 14.5. The number of fused-ring (bicyclic) bond motifs is 3. The van der Waals surface area contributed by atoms with Crippen LogP contribution in [0.1, 0.15) is 20.8 Å². The molecule has 1 aliphatic heterocycles. The second-order valence-electron chi connectivity index (χ2n) is 6.45. The topological polar surface area (TPSA) is 114 Å². The monoisotopic (exact) mass is 403 g/mol. The Bertz CT molecular complexity index is 1170. The van der Waals surface area contributed by atoms with Crippen molar-refractivity contribution in [3.05, 3.63) is 46.3 Å². The van der Waals surface area contributed by atoms with Gasteiger partial charge in [0.1, 0.15) is 10.4 Å². The minimum absolute atomic E-state index is 0.0140. The van der Waals surface area contributed by atoms with Crippen LogP contribution in [0.4, 0.5) is 5.69 Å². The molecule has 7 nitrogen and oxygen atoms in total. The zero-order chi connectivity index (χ0) is 19.3. The highest BCUT2D eigenvalue weighted by Crippen LogP contribution is 2.41. The number of carboxylic acids is 1. The molecule has 0 fully saturated rings. The van der Waals surface area contributed by atoms with Gasteiger partial charge in [-0.3, -0.25) is 0 Å². The van der Waals surface area contributed by atoms with E-state index in [9.17, 15) is 18.3 Å². The summed E-state index contributed by atoms with van der Waals surface area (Å²) in [7, 11) is -3.29. The van der Waals surface area contributed by atoms with E-state index in [1.165, 1.54) is 21.9 Å². The Morgan fingerprint density at radius 3 is 2.63 bits per heavy atom. The van der Waals surface area contributed by atoms with Crippen molar-refractivity contribution in [1.29, 1.82) is 0 Å². The van der Waals surface area contributed by atoms with Crippen molar-refractivity contribution in [2.45, 2.75) is 13.0 Å². The third-order valence-corrected chi connectivity index (χ3v) is 7.08. The van der Waals surface area contributed by atoms with Crippen LogP contribution in [-0.4, -0.2) is 41.6 Å². The number of hydrogen-bond donors (Lipinski definition) is 2. The SMILES string of the molecule is CS(=O)(=O)N1CCc2c(sc3nc(-c4ccccc4)c(C(=O)O)c(N)c23)C1.